The molecule has 1 heterocycles. The summed E-state index contributed by atoms with van der Waals surface area (Å²) in [6, 6.07) is 17.4. The maximum Gasteiger partial charge on any atom is 0.259 e. The van der Waals surface area contributed by atoms with Crippen molar-refractivity contribution in [1.29, 1.82) is 0 Å². The summed E-state index contributed by atoms with van der Waals surface area (Å²) in [5.74, 6) is -0.102. The first-order valence-corrected chi connectivity index (χ1v) is 8.65. The minimum atomic E-state index is -0.102. The summed E-state index contributed by atoms with van der Waals surface area (Å²) < 4.78 is 1.06. The SMILES string of the molecule is Cc1cc(Nc2cncc(C(=O)N(C)c3ccccc3)c2)ccc1Br. The number of hydrogen-bond acceptors (Lipinski definition) is 3. The van der Waals surface area contributed by atoms with Gasteiger partial charge >= 0.3 is 0 Å². The van der Waals surface area contributed by atoms with Crippen molar-refractivity contribution in [2.75, 3.05) is 17.3 Å². The zero-order valence-electron chi connectivity index (χ0n) is 14.0. The molecule has 25 heavy (non-hydrogen) atoms. The number of benzene rings is 2. The molecule has 0 aliphatic carbocycles. The summed E-state index contributed by atoms with van der Waals surface area (Å²) >= 11 is 3.49. The van der Waals surface area contributed by atoms with E-state index in [0.717, 1.165) is 27.1 Å². The van der Waals surface area contributed by atoms with Gasteiger partial charge in [-0.1, -0.05) is 34.1 Å². The molecule has 4 nitrogen and oxygen atoms in total. The van der Waals surface area contributed by atoms with E-state index in [9.17, 15) is 4.79 Å². The van der Waals surface area contributed by atoms with Gasteiger partial charge in [-0.25, -0.2) is 0 Å². The molecular weight excluding hydrogens is 378 g/mol. The molecule has 126 valence electrons. The lowest BCUT2D eigenvalue weighted by Crippen LogP contribution is -2.26. The van der Waals surface area contributed by atoms with Crippen molar-refractivity contribution >= 4 is 38.9 Å². The number of carbonyl (C=O) groups is 1. The lowest BCUT2D eigenvalue weighted by atomic mass is 10.2. The molecule has 0 atom stereocenters. The van der Waals surface area contributed by atoms with Crippen LogP contribution in [0.15, 0.2) is 71.5 Å². The fraction of sp³-hybridized carbons (Fsp3) is 0.100. The summed E-state index contributed by atoms with van der Waals surface area (Å²) in [6.07, 6.45) is 3.29. The van der Waals surface area contributed by atoms with E-state index in [2.05, 4.69) is 26.2 Å². The second-order valence-corrected chi connectivity index (χ2v) is 6.61. The number of carbonyl (C=O) groups excluding carboxylic acids is 1. The van der Waals surface area contributed by atoms with Gasteiger partial charge in [0, 0.05) is 29.1 Å². The van der Waals surface area contributed by atoms with E-state index < -0.39 is 0 Å². The van der Waals surface area contributed by atoms with Crippen molar-refractivity contribution in [3.8, 4) is 0 Å². The van der Waals surface area contributed by atoms with Gasteiger partial charge in [0.05, 0.1) is 17.4 Å². The van der Waals surface area contributed by atoms with Crippen LogP contribution in [-0.4, -0.2) is 17.9 Å². The van der Waals surface area contributed by atoms with Crippen LogP contribution in [0.1, 0.15) is 15.9 Å². The van der Waals surface area contributed by atoms with Crippen LogP contribution in [-0.2, 0) is 0 Å². The van der Waals surface area contributed by atoms with E-state index in [4.69, 9.17) is 0 Å². The molecule has 1 aromatic heterocycles. The van der Waals surface area contributed by atoms with Crippen molar-refractivity contribution in [3.05, 3.63) is 82.6 Å². The van der Waals surface area contributed by atoms with Gasteiger partial charge < -0.3 is 10.2 Å². The highest BCUT2D eigenvalue weighted by Crippen LogP contribution is 2.23. The molecule has 0 saturated heterocycles. The number of rotatable bonds is 4. The van der Waals surface area contributed by atoms with Gasteiger partial charge in [-0.05, 0) is 48.9 Å². The second-order valence-electron chi connectivity index (χ2n) is 5.75. The Morgan fingerprint density at radius 1 is 1.04 bits per heavy atom. The van der Waals surface area contributed by atoms with E-state index >= 15 is 0 Å². The van der Waals surface area contributed by atoms with Crippen molar-refractivity contribution in [2.24, 2.45) is 0 Å². The molecule has 1 amide bonds. The van der Waals surface area contributed by atoms with Crippen LogP contribution in [0.4, 0.5) is 17.1 Å². The van der Waals surface area contributed by atoms with Gasteiger partial charge in [-0.3, -0.25) is 9.78 Å². The summed E-state index contributed by atoms with van der Waals surface area (Å²) in [4.78, 5) is 18.5. The molecule has 0 unspecified atom stereocenters. The lowest BCUT2D eigenvalue weighted by Gasteiger charge is -2.17. The fourth-order valence-corrected chi connectivity index (χ4v) is 2.72. The normalized spacial score (nSPS) is 10.4. The predicted molar refractivity (Wildman–Crippen MR) is 106 cm³/mol. The van der Waals surface area contributed by atoms with Crippen LogP contribution >= 0.6 is 15.9 Å². The molecule has 5 heteroatoms. The van der Waals surface area contributed by atoms with Crippen LogP contribution in [0.3, 0.4) is 0 Å². The van der Waals surface area contributed by atoms with Gasteiger partial charge in [-0.2, -0.15) is 0 Å². The number of amides is 1. The molecule has 1 N–H and O–H groups in total. The molecule has 0 aliphatic rings. The van der Waals surface area contributed by atoms with Crippen molar-refractivity contribution < 1.29 is 4.79 Å². The molecule has 2 aromatic carbocycles. The van der Waals surface area contributed by atoms with Crippen LogP contribution in [0.25, 0.3) is 0 Å². The quantitative estimate of drug-likeness (QED) is 0.662. The highest BCUT2D eigenvalue weighted by Gasteiger charge is 2.14. The number of anilines is 3. The first-order chi connectivity index (χ1) is 12.0. The van der Waals surface area contributed by atoms with E-state index in [1.165, 1.54) is 0 Å². The Labute approximate surface area is 155 Å². The van der Waals surface area contributed by atoms with E-state index in [1.54, 1.807) is 24.3 Å². The molecule has 0 bridgehead atoms. The van der Waals surface area contributed by atoms with Crippen LogP contribution < -0.4 is 10.2 Å². The van der Waals surface area contributed by atoms with Crippen molar-refractivity contribution in [1.82, 2.24) is 4.98 Å². The molecule has 3 rings (SSSR count). The Kier molecular flexibility index (Phi) is 5.14. The zero-order chi connectivity index (χ0) is 17.8. The van der Waals surface area contributed by atoms with Gasteiger partial charge in [0.15, 0.2) is 0 Å². The fourth-order valence-electron chi connectivity index (χ4n) is 2.48. The van der Waals surface area contributed by atoms with Crippen molar-refractivity contribution in [2.45, 2.75) is 6.92 Å². The zero-order valence-corrected chi connectivity index (χ0v) is 15.6. The summed E-state index contributed by atoms with van der Waals surface area (Å²) in [7, 11) is 1.76. The topological polar surface area (TPSA) is 45.2 Å². The number of nitrogens with zero attached hydrogens (tertiary/aromatic N) is 2. The maximum atomic E-state index is 12.7. The van der Waals surface area contributed by atoms with Gasteiger partial charge in [0.2, 0.25) is 0 Å². The standard InChI is InChI=1S/C20H18BrN3O/c1-14-10-16(8-9-19(14)21)23-17-11-15(12-22-13-17)20(25)24(2)18-6-4-3-5-7-18/h3-13,23H,1-2H3. The third-order valence-electron chi connectivity index (χ3n) is 3.88. The molecule has 0 spiro atoms. The number of pyridine rings is 1. The highest BCUT2D eigenvalue weighted by atomic mass is 79.9. The van der Waals surface area contributed by atoms with Gasteiger partial charge in [0.1, 0.15) is 0 Å². The molecule has 0 aliphatic heterocycles. The Hall–Kier alpha value is -2.66. The monoisotopic (exact) mass is 395 g/mol. The average Bonchev–Trinajstić information content (AvgIpc) is 2.64. The molecule has 3 aromatic rings. The molecular formula is C20H18BrN3O. The van der Waals surface area contributed by atoms with E-state index in [1.807, 2.05) is 61.5 Å². The first kappa shape index (κ1) is 17.2. The lowest BCUT2D eigenvalue weighted by molar-refractivity contribution is 0.0992. The highest BCUT2D eigenvalue weighted by molar-refractivity contribution is 9.10. The Balaban J connectivity index is 1.81. The predicted octanol–water partition coefficient (Wildman–Crippen LogP) is 5.17. The van der Waals surface area contributed by atoms with Gasteiger partial charge in [0.25, 0.3) is 5.91 Å². The molecule has 0 radical (unpaired) electrons. The first-order valence-electron chi connectivity index (χ1n) is 7.86. The average molecular weight is 396 g/mol. The van der Waals surface area contributed by atoms with Gasteiger partial charge in [-0.15, -0.1) is 0 Å². The number of halogens is 1. The number of para-hydroxylation sites is 1. The summed E-state index contributed by atoms with van der Waals surface area (Å²) in [5, 5.41) is 3.29. The van der Waals surface area contributed by atoms with Crippen LogP contribution in [0.2, 0.25) is 0 Å². The number of hydrogen-bond donors (Lipinski definition) is 1. The third-order valence-corrected chi connectivity index (χ3v) is 4.77. The smallest absolute Gasteiger partial charge is 0.259 e. The minimum absolute atomic E-state index is 0.102. The summed E-state index contributed by atoms with van der Waals surface area (Å²) in [6.45, 7) is 2.03. The largest absolute Gasteiger partial charge is 0.354 e. The maximum absolute atomic E-state index is 12.7. The van der Waals surface area contributed by atoms with E-state index in [0.29, 0.717) is 5.56 Å². The molecule has 0 fully saturated rings. The molecule has 0 saturated carbocycles. The van der Waals surface area contributed by atoms with Crippen LogP contribution in [0.5, 0.6) is 0 Å². The van der Waals surface area contributed by atoms with Crippen LogP contribution in [0, 0.1) is 6.92 Å². The third kappa shape index (κ3) is 4.06. The summed E-state index contributed by atoms with van der Waals surface area (Å²) in [5.41, 5.74) is 4.23. The second kappa shape index (κ2) is 7.49. The Morgan fingerprint density at radius 2 is 1.80 bits per heavy atom. The number of nitrogens with one attached hydrogen (secondary N) is 1. The van der Waals surface area contributed by atoms with Crippen molar-refractivity contribution in [3.63, 3.8) is 0 Å². The minimum Gasteiger partial charge on any atom is -0.354 e. The number of aromatic nitrogens is 1. The Morgan fingerprint density at radius 3 is 2.52 bits per heavy atom. The number of aryl methyl sites for hydroxylation is 1. The Bertz CT molecular complexity index is 896. The van der Waals surface area contributed by atoms with E-state index in [-0.39, 0.29) is 5.91 Å².